The number of carbonyl (C=O) groups is 1. The molecule has 0 spiro atoms. The summed E-state index contributed by atoms with van der Waals surface area (Å²) in [5.74, 6) is 0.913. The van der Waals surface area contributed by atoms with E-state index in [4.69, 9.17) is 4.74 Å². The Morgan fingerprint density at radius 1 is 0.892 bits per heavy atom. The van der Waals surface area contributed by atoms with Crippen molar-refractivity contribution >= 4 is 17.6 Å². The van der Waals surface area contributed by atoms with Gasteiger partial charge in [0.2, 0.25) is 5.95 Å². The first-order valence-electron chi connectivity index (χ1n) is 13.7. The van der Waals surface area contributed by atoms with Gasteiger partial charge >= 0.3 is 6.09 Å². The molecule has 0 saturated carbocycles. The molecule has 2 atom stereocenters. The lowest BCUT2D eigenvalue weighted by Gasteiger charge is -2.44. The predicted molar refractivity (Wildman–Crippen MR) is 144 cm³/mol. The molecule has 1 aromatic heterocycles. The number of piperidine rings is 1. The molecule has 1 aliphatic carbocycles. The maximum absolute atomic E-state index is 13.5. The van der Waals surface area contributed by atoms with E-state index in [1.54, 1.807) is 0 Å². The summed E-state index contributed by atoms with van der Waals surface area (Å²) in [7, 11) is 0. The van der Waals surface area contributed by atoms with Crippen molar-refractivity contribution in [3.05, 3.63) is 83.7 Å². The van der Waals surface area contributed by atoms with Crippen LogP contribution in [-0.4, -0.2) is 52.7 Å². The SMILES string of the molecule is O=C(OCC1c2ccccc2-c2ccccc21)N1C2C=C(c3cnc(N4CCCC4)nc3)CC1CCC2. The molecule has 2 fully saturated rings. The van der Waals surface area contributed by atoms with E-state index < -0.39 is 0 Å². The molecule has 2 unspecified atom stereocenters. The molecule has 2 aromatic carbocycles. The minimum Gasteiger partial charge on any atom is -0.448 e. The van der Waals surface area contributed by atoms with Gasteiger partial charge in [0.05, 0.1) is 6.04 Å². The van der Waals surface area contributed by atoms with Crippen molar-refractivity contribution in [3.63, 3.8) is 0 Å². The van der Waals surface area contributed by atoms with Gasteiger partial charge in [-0.1, -0.05) is 54.6 Å². The van der Waals surface area contributed by atoms with Crippen LogP contribution in [0.2, 0.25) is 0 Å². The summed E-state index contributed by atoms with van der Waals surface area (Å²) in [4.78, 5) is 27.1. The second-order valence-corrected chi connectivity index (χ2v) is 10.7. The van der Waals surface area contributed by atoms with Crippen molar-refractivity contribution in [2.24, 2.45) is 0 Å². The Balaban J connectivity index is 1.07. The topological polar surface area (TPSA) is 58.6 Å². The van der Waals surface area contributed by atoms with E-state index in [1.165, 1.54) is 40.7 Å². The molecule has 2 bridgehead atoms. The third-order valence-electron chi connectivity index (χ3n) is 8.58. The van der Waals surface area contributed by atoms with Crippen molar-refractivity contribution in [2.45, 2.75) is 56.5 Å². The Bertz CT molecular complexity index is 1300. The quantitative estimate of drug-likeness (QED) is 0.445. The number of carbonyl (C=O) groups excluding carboxylic acids is 1. The van der Waals surface area contributed by atoms with Gasteiger partial charge in [-0.3, -0.25) is 4.90 Å². The summed E-state index contributed by atoms with van der Waals surface area (Å²) in [6.45, 7) is 2.45. The van der Waals surface area contributed by atoms with Crippen LogP contribution in [0.1, 0.15) is 61.1 Å². The van der Waals surface area contributed by atoms with Gasteiger partial charge < -0.3 is 9.64 Å². The smallest absolute Gasteiger partial charge is 0.410 e. The maximum Gasteiger partial charge on any atom is 0.410 e. The molecule has 188 valence electrons. The minimum absolute atomic E-state index is 0.0661. The number of amides is 1. The number of hydrogen-bond acceptors (Lipinski definition) is 5. The lowest BCUT2D eigenvalue weighted by molar-refractivity contribution is 0.0539. The van der Waals surface area contributed by atoms with Crippen molar-refractivity contribution in [1.29, 1.82) is 0 Å². The van der Waals surface area contributed by atoms with Gasteiger partial charge in [-0.2, -0.15) is 0 Å². The molecule has 2 saturated heterocycles. The van der Waals surface area contributed by atoms with E-state index in [0.717, 1.165) is 50.3 Å². The third kappa shape index (κ3) is 3.99. The van der Waals surface area contributed by atoms with Crippen molar-refractivity contribution in [3.8, 4) is 11.1 Å². The number of hydrogen-bond donors (Lipinski definition) is 0. The van der Waals surface area contributed by atoms with Crippen LogP contribution < -0.4 is 4.90 Å². The van der Waals surface area contributed by atoms with Gasteiger partial charge in [-0.25, -0.2) is 14.8 Å². The summed E-state index contributed by atoms with van der Waals surface area (Å²) >= 11 is 0. The number of fused-ring (bicyclic) bond motifs is 5. The molecule has 0 N–H and O–H groups in total. The summed E-state index contributed by atoms with van der Waals surface area (Å²) in [5, 5.41) is 0. The van der Waals surface area contributed by atoms with E-state index in [9.17, 15) is 4.79 Å². The van der Waals surface area contributed by atoms with Gasteiger partial charge in [-0.05, 0) is 66.4 Å². The van der Waals surface area contributed by atoms with E-state index in [-0.39, 0.29) is 24.1 Å². The molecule has 3 aromatic rings. The summed E-state index contributed by atoms with van der Waals surface area (Å²) < 4.78 is 6.06. The van der Waals surface area contributed by atoms with Gasteiger partial charge in [0, 0.05) is 43.0 Å². The van der Waals surface area contributed by atoms with Crippen molar-refractivity contribution < 1.29 is 9.53 Å². The standard InChI is InChI=1S/C31H32N4O2/c36-31(37-20-29-27-12-3-1-10-25(27)26-11-2-4-13-28(26)29)35-23-8-7-9-24(35)17-21(16-23)22-18-32-30(33-19-22)34-14-5-6-15-34/h1-4,10-13,16,18-19,23-24,29H,5-9,14-15,17,20H2. The van der Waals surface area contributed by atoms with Gasteiger partial charge in [0.1, 0.15) is 6.61 Å². The zero-order chi connectivity index (χ0) is 24.8. The highest BCUT2D eigenvalue weighted by atomic mass is 16.6. The van der Waals surface area contributed by atoms with E-state index in [2.05, 4.69) is 69.5 Å². The maximum atomic E-state index is 13.5. The Kier molecular flexibility index (Phi) is 5.68. The average Bonchev–Trinajstić information content (AvgIpc) is 3.58. The van der Waals surface area contributed by atoms with Crippen LogP contribution in [0.15, 0.2) is 67.0 Å². The molecule has 4 aliphatic rings. The first kappa shape index (κ1) is 22.5. The molecular weight excluding hydrogens is 460 g/mol. The molecule has 1 amide bonds. The average molecular weight is 493 g/mol. The van der Waals surface area contributed by atoms with Crippen LogP contribution in [0.4, 0.5) is 10.7 Å². The second-order valence-electron chi connectivity index (χ2n) is 10.7. The molecular formula is C31H32N4O2. The van der Waals surface area contributed by atoms with Crippen LogP contribution in [0.3, 0.4) is 0 Å². The fourth-order valence-electron chi connectivity index (χ4n) is 6.76. The number of benzene rings is 2. The van der Waals surface area contributed by atoms with Gasteiger partial charge in [0.25, 0.3) is 0 Å². The molecule has 4 heterocycles. The van der Waals surface area contributed by atoms with E-state index >= 15 is 0 Å². The Hall–Kier alpha value is -3.67. The highest BCUT2D eigenvalue weighted by Crippen LogP contribution is 2.45. The number of aromatic nitrogens is 2. The Labute approximate surface area is 218 Å². The summed E-state index contributed by atoms with van der Waals surface area (Å²) in [5.41, 5.74) is 7.32. The Morgan fingerprint density at radius 3 is 2.24 bits per heavy atom. The first-order valence-corrected chi connectivity index (χ1v) is 13.7. The van der Waals surface area contributed by atoms with Gasteiger partial charge in [0.15, 0.2) is 0 Å². The van der Waals surface area contributed by atoms with Crippen LogP contribution in [0.5, 0.6) is 0 Å². The molecule has 6 nitrogen and oxygen atoms in total. The second kappa shape index (κ2) is 9.33. The predicted octanol–water partition coefficient (Wildman–Crippen LogP) is 6.04. The normalized spacial score (nSPS) is 22.4. The first-order chi connectivity index (χ1) is 18.3. The monoisotopic (exact) mass is 492 g/mol. The summed E-state index contributed by atoms with van der Waals surface area (Å²) in [6, 6.07) is 17.2. The lowest BCUT2D eigenvalue weighted by Crippen LogP contribution is -2.51. The zero-order valence-corrected chi connectivity index (χ0v) is 21.1. The molecule has 0 radical (unpaired) electrons. The Morgan fingerprint density at radius 2 is 1.57 bits per heavy atom. The number of ether oxygens (including phenoxy) is 1. The van der Waals surface area contributed by atoms with Crippen molar-refractivity contribution in [1.82, 2.24) is 14.9 Å². The van der Waals surface area contributed by atoms with Crippen LogP contribution in [-0.2, 0) is 4.74 Å². The van der Waals surface area contributed by atoms with Crippen LogP contribution >= 0.6 is 0 Å². The number of anilines is 1. The number of rotatable bonds is 4. The van der Waals surface area contributed by atoms with E-state index in [0.29, 0.717) is 6.61 Å². The largest absolute Gasteiger partial charge is 0.448 e. The molecule has 37 heavy (non-hydrogen) atoms. The third-order valence-corrected chi connectivity index (χ3v) is 8.58. The minimum atomic E-state index is -0.188. The van der Waals surface area contributed by atoms with Gasteiger partial charge in [-0.15, -0.1) is 0 Å². The zero-order valence-electron chi connectivity index (χ0n) is 21.1. The fraction of sp³-hybridized carbons (Fsp3) is 0.387. The molecule has 3 aliphatic heterocycles. The van der Waals surface area contributed by atoms with E-state index in [1.807, 2.05) is 17.3 Å². The molecule has 7 rings (SSSR count). The van der Waals surface area contributed by atoms with Crippen LogP contribution in [0, 0.1) is 0 Å². The van der Waals surface area contributed by atoms with Crippen molar-refractivity contribution in [2.75, 3.05) is 24.6 Å². The summed E-state index contributed by atoms with van der Waals surface area (Å²) in [6.07, 6.45) is 12.4. The number of nitrogens with zero attached hydrogens (tertiary/aromatic N) is 4. The fourth-order valence-corrected chi connectivity index (χ4v) is 6.76. The van der Waals surface area contributed by atoms with Crippen LogP contribution in [0.25, 0.3) is 16.7 Å². The lowest BCUT2D eigenvalue weighted by atomic mass is 9.83. The highest BCUT2D eigenvalue weighted by molar-refractivity contribution is 5.79. The highest BCUT2D eigenvalue weighted by Gasteiger charge is 2.39. The molecule has 6 heteroatoms.